The first-order valence-corrected chi connectivity index (χ1v) is 8.77. The first-order valence-electron chi connectivity index (χ1n) is 6.91. The molecule has 1 heterocycles. The van der Waals surface area contributed by atoms with Gasteiger partial charge in [0, 0.05) is 25.6 Å². The Kier molecular flexibility index (Phi) is 4.63. The third-order valence-electron chi connectivity index (χ3n) is 3.29. The summed E-state index contributed by atoms with van der Waals surface area (Å²) in [7, 11) is 1.62. The van der Waals surface area contributed by atoms with Crippen LogP contribution in [-0.4, -0.2) is 41.0 Å². The van der Waals surface area contributed by atoms with Crippen molar-refractivity contribution in [3.8, 4) is 6.07 Å². The van der Waals surface area contributed by atoms with Crippen LogP contribution >= 0.6 is 0 Å². The Bertz CT molecular complexity index is 710. The molecule has 1 aromatic carbocycles. The van der Waals surface area contributed by atoms with Crippen LogP contribution in [0.2, 0.25) is 0 Å². The van der Waals surface area contributed by atoms with Gasteiger partial charge < -0.3 is 4.90 Å². The van der Waals surface area contributed by atoms with Gasteiger partial charge in [-0.1, -0.05) is 0 Å². The van der Waals surface area contributed by atoms with E-state index in [1.165, 1.54) is 0 Å². The molecule has 21 heavy (non-hydrogen) atoms. The van der Waals surface area contributed by atoms with Crippen LogP contribution in [0, 0.1) is 18.3 Å². The zero-order valence-electron chi connectivity index (χ0n) is 12.7. The number of nitrogens with zero attached hydrogens (tertiary/aromatic N) is 4. The molecule has 0 N–H and O–H groups in total. The molecule has 1 fully saturated rings. The van der Waals surface area contributed by atoms with Crippen LogP contribution in [0.4, 0.5) is 11.4 Å². The molecular weight excluding hydrogens is 284 g/mol. The fraction of sp³-hybridized carbons (Fsp3) is 0.467. The molecule has 1 aliphatic rings. The SMILES string of the molecule is Cc1cc(N=S2(=O)CCCC2)cc(/N=C/N(C)C)c1C#N. The molecule has 0 unspecified atom stereocenters. The van der Waals surface area contributed by atoms with E-state index in [2.05, 4.69) is 15.4 Å². The number of hydrogen-bond acceptors (Lipinski definition) is 4. The largest absolute Gasteiger partial charge is 0.369 e. The van der Waals surface area contributed by atoms with Gasteiger partial charge >= 0.3 is 0 Å². The molecule has 6 heteroatoms. The summed E-state index contributed by atoms with van der Waals surface area (Å²) in [5, 5.41) is 9.27. The van der Waals surface area contributed by atoms with E-state index in [4.69, 9.17) is 0 Å². The Morgan fingerprint density at radius 3 is 2.57 bits per heavy atom. The Morgan fingerprint density at radius 2 is 2.00 bits per heavy atom. The Labute approximate surface area is 126 Å². The van der Waals surface area contributed by atoms with E-state index in [-0.39, 0.29) is 0 Å². The van der Waals surface area contributed by atoms with Gasteiger partial charge in [0.2, 0.25) is 0 Å². The number of benzene rings is 1. The van der Waals surface area contributed by atoms with Gasteiger partial charge in [-0.2, -0.15) is 9.62 Å². The molecule has 0 aromatic heterocycles. The second-order valence-electron chi connectivity index (χ2n) is 5.46. The molecule has 1 aromatic rings. The lowest BCUT2D eigenvalue weighted by Crippen LogP contribution is -2.07. The highest BCUT2D eigenvalue weighted by atomic mass is 32.2. The lowest BCUT2D eigenvalue weighted by Gasteiger charge is -2.07. The molecular formula is C15H20N4OS. The van der Waals surface area contributed by atoms with Crippen molar-refractivity contribution in [2.45, 2.75) is 19.8 Å². The van der Waals surface area contributed by atoms with Crippen molar-refractivity contribution in [2.24, 2.45) is 9.36 Å². The zero-order chi connectivity index (χ0) is 15.5. The van der Waals surface area contributed by atoms with E-state index in [9.17, 15) is 9.47 Å². The lowest BCUT2D eigenvalue weighted by molar-refractivity contribution is 0.643. The fourth-order valence-corrected chi connectivity index (χ4v) is 4.45. The van der Waals surface area contributed by atoms with Gasteiger partial charge in [0.15, 0.2) is 0 Å². The lowest BCUT2D eigenvalue weighted by atomic mass is 10.1. The Hall–Kier alpha value is -1.87. The van der Waals surface area contributed by atoms with Gasteiger partial charge in [0.1, 0.15) is 6.07 Å². The summed E-state index contributed by atoms with van der Waals surface area (Å²) in [6, 6.07) is 5.74. The molecule has 1 saturated heterocycles. The van der Waals surface area contributed by atoms with Crippen LogP contribution < -0.4 is 0 Å². The average molecular weight is 304 g/mol. The third-order valence-corrected chi connectivity index (χ3v) is 5.68. The number of aliphatic imine (C=N–C) groups is 1. The molecule has 112 valence electrons. The monoisotopic (exact) mass is 304 g/mol. The normalized spacial score (nSPS) is 16.9. The average Bonchev–Trinajstić information content (AvgIpc) is 2.82. The van der Waals surface area contributed by atoms with Crippen molar-refractivity contribution in [1.82, 2.24) is 4.90 Å². The molecule has 1 aliphatic heterocycles. The van der Waals surface area contributed by atoms with Gasteiger partial charge in [-0.3, -0.25) is 0 Å². The summed E-state index contributed by atoms with van der Waals surface area (Å²) in [6.07, 6.45) is 3.60. The topological polar surface area (TPSA) is 68.8 Å². The smallest absolute Gasteiger partial charge is 0.102 e. The molecule has 0 aliphatic carbocycles. The number of nitriles is 1. The van der Waals surface area contributed by atoms with Crippen molar-refractivity contribution < 1.29 is 4.21 Å². The van der Waals surface area contributed by atoms with Crippen molar-refractivity contribution in [2.75, 3.05) is 25.6 Å². The van der Waals surface area contributed by atoms with E-state index in [0.29, 0.717) is 28.4 Å². The molecule has 2 rings (SSSR count). The van der Waals surface area contributed by atoms with E-state index in [1.807, 2.05) is 27.1 Å². The minimum absolute atomic E-state index is 0.536. The fourth-order valence-electron chi connectivity index (χ4n) is 2.27. The molecule has 0 saturated carbocycles. The molecule has 5 nitrogen and oxygen atoms in total. The third kappa shape index (κ3) is 3.82. The molecule has 0 amide bonds. The van der Waals surface area contributed by atoms with Crippen LogP contribution in [0.3, 0.4) is 0 Å². The van der Waals surface area contributed by atoms with Gasteiger partial charge in [-0.05, 0) is 37.5 Å². The summed E-state index contributed by atoms with van der Waals surface area (Å²) in [5.41, 5.74) is 2.58. The van der Waals surface area contributed by atoms with E-state index >= 15 is 0 Å². The highest BCUT2D eigenvalue weighted by molar-refractivity contribution is 7.93. The second-order valence-corrected chi connectivity index (χ2v) is 8.00. The van der Waals surface area contributed by atoms with Gasteiger partial charge in [0.25, 0.3) is 0 Å². The summed E-state index contributed by atoms with van der Waals surface area (Å²) in [5.74, 6) is 1.34. The Morgan fingerprint density at radius 1 is 1.33 bits per heavy atom. The highest BCUT2D eigenvalue weighted by Gasteiger charge is 2.17. The highest BCUT2D eigenvalue weighted by Crippen LogP contribution is 2.30. The van der Waals surface area contributed by atoms with Crippen LogP contribution in [-0.2, 0) is 9.73 Å². The van der Waals surface area contributed by atoms with Crippen molar-refractivity contribution in [1.29, 1.82) is 5.26 Å². The predicted molar refractivity (Wildman–Crippen MR) is 86.9 cm³/mol. The predicted octanol–water partition coefficient (Wildman–Crippen LogP) is 2.98. The number of rotatable bonds is 3. The molecule has 0 radical (unpaired) electrons. The second kappa shape index (κ2) is 6.27. The van der Waals surface area contributed by atoms with Crippen LogP contribution in [0.1, 0.15) is 24.0 Å². The molecule has 0 atom stereocenters. The van der Waals surface area contributed by atoms with E-state index in [1.54, 1.807) is 17.3 Å². The maximum absolute atomic E-state index is 12.5. The van der Waals surface area contributed by atoms with Gasteiger partial charge in [-0.15, -0.1) is 0 Å². The number of hydrogen-bond donors (Lipinski definition) is 0. The maximum Gasteiger partial charge on any atom is 0.102 e. The van der Waals surface area contributed by atoms with E-state index in [0.717, 1.165) is 18.4 Å². The summed E-state index contributed by atoms with van der Waals surface area (Å²) in [4.78, 5) is 6.12. The summed E-state index contributed by atoms with van der Waals surface area (Å²) in [6.45, 7) is 1.85. The van der Waals surface area contributed by atoms with Crippen molar-refractivity contribution in [3.63, 3.8) is 0 Å². The minimum Gasteiger partial charge on any atom is -0.369 e. The van der Waals surface area contributed by atoms with Crippen molar-refractivity contribution >= 4 is 27.4 Å². The van der Waals surface area contributed by atoms with Crippen LogP contribution in [0.25, 0.3) is 0 Å². The van der Waals surface area contributed by atoms with Gasteiger partial charge in [-0.25, -0.2) is 9.20 Å². The quantitative estimate of drug-likeness (QED) is 0.637. The summed E-state index contributed by atoms with van der Waals surface area (Å²) < 4.78 is 17.0. The number of aryl methyl sites for hydroxylation is 1. The molecule has 0 bridgehead atoms. The zero-order valence-corrected chi connectivity index (χ0v) is 13.5. The Balaban J connectivity index is 2.51. The standard InChI is InChI=1S/C15H20N4OS/c1-12-8-13(18-21(20)6-4-5-7-21)9-15(14(12)10-16)17-11-19(2)3/h8-9,11H,4-7H2,1-3H3/b17-11+. The first kappa shape index (κ1) is 15.5. The van der Waals surface area contributed by atoms with Crippen molar-refractivity contribution in [3.05, 3.63) is 23.3 Å². The minimum atomic E-state index is -2.11. The first-order chi connectivity index (χ1) is 9.93. The van der Waals surface area contributed by atoms with Crippen LogP contribution in [0.15, 0.2) is 21.5 Å². The van der Waals surface area contributed by atoms with E-state index < -0.39 is 9.73 Å². The van der Waals surface area contributed by atoms with Gasteiger partial charge in [0.05, 0.1) is 33.0 Å². The summed E-state index contributed by atoms with van der Waals surface area (Å²) >= 11 is 0. The van der Waals surface area contributed by atoms with Crippen LogP contribution in [0.5, 0.6) is 0 Å². The maximum atomic E-state index is 12.5. The molecule has 0 spiro atoms.